The molecule has 29 heavy (non-hydrogen) atoms. The Morgan fingerprint density at radius 3 is 2.83 bits per heavy atom. The molecule has 1 aromatic carbocycles. The van der Waals surface area contributed by atoms with Gasteiger partial charge in [-0.1, -0.05) is 28.9 Å². The molecule has 1 aromatic heterocycles. The van der Waals surface area contributed by atoms with Crippen molar-refractivity contribution >= 4 is 17.5 Å². The van der Waals surface area contributed by atoms with Crippen LogP contribution in [0.5, 0.6) is 0 Å². The second-order valence-corrected chi connectivity index (χ2v) is 6.81. The van der Waals surface area contributed by atoms with Crippen molar-refractivity contribution in [3.05, 3.63) is 47.9 Å². The van der Waals surface area contributed by atoms with Gasteiger partial charge in [-0.25, -0.2) is 9.07 Å². The van der Waals surface area contributed by atoms with Crippen molar-refractivity contribution in [3.63, 3.8) is 0 Å². The molecule has 5 atom stereocenters. The van der Waals surface area contributed by atoms with Crippen LogP contribution < -0.4 is 0 Å². The number of likely N-dealkylation sites (N-methyl/N-ethyl adjacent to an activating group) is 1. The van der Waals surface area contributed by atoms with Crippen LogP contribution in [0.3, 0.4) is 0 Å². The molecule has 1 aliphatic heterocycles. The first kappa shape index (κ1) is 21.3. The third-order valence-electron chi connectivity index (χ3n) is 4.74. The molecular formula is C18H20ClFN4O5. The molecule has 11 heteroatoms. The zero-order valence-corrected chi connectivity index (χ0v) is 16.1. The molecule has 2 aromatic rings. The van der Waals surface area contributed by atoms with Crippen molar-refractivity contribution in [3.8, 4) is 11.3 Å². The Balaban J connectivity index is 1.93. The molecule has 0 aliphatic carbocycles. The maximum atomic E-state index is 13.5. The van der Waals surface area contributed by atoms with Gasteiger partial charge < -0.3 is 25.0 Å². The maximum absolute atomic E-state index is 13.5. The molecule has 0 bridgehead atoms. The minimum atomic E-state index is -1.41. The van der Waals surface area contributed by atoms with Gasteiger partial charge in [-0.2, -0.15) is 0 Å². The van der Waals surface area contributed by atoms with E-state index in [1.54, 1.807) is 6.07 Å². The number of amides is 1. The van der Waals surface area contributed by atoms with E-state index < -0.39 is 48.9 Å². The van der Waals surface area contributed by atoms with Crippen LogP contribution in [0.2, 0.25) is 0 Å². The Kier molecular flexibility index (Phi) is 6.60. The van der Waals surface area contributed by atoms with Crippen molar-refractivity contribution < 1.29 is 29.2 Å². The second-order valence-electron chi connectivity index (χ2n) is 6.56. The van der Waals surface area contributed by atoms with Gasteiger partial charge in [0.1, 0.15) is 35.9 Å². The topological polar surface area (TPSA) is 121 Å². The van der Waals surface area contributed by atoms with Crippen molar-refractivity contribution in [1.82, 2.24) is 19.9 Å². The monoisotopic (exact) mass is 426 g/mol. The SMILES string of the molecule is CN(C(=O)/C=C/Cl)[C@@H]1OC(CO)[C@H](O)C(n2cc(-c3cccc(F)c3)nn2)C1O. The van der Waals surface area contributed by atoms with E-state index in [4.69, 9.17) is 16.3 Å². The highest BCUT2D eigenvalue weighted by Crippen LogP contribution is 2.32. The van der Waals surface area contributed by atoms with Crippen LogP contribution in [0.25, 0.3) is 11.3 Å². The van der Waals surface area contributed by atoms with Gasteiger partial charge in [0, 0.05) is 24.2 Å². The lowest BCUT2D eigenvalue weighted by Gasteiger charge is -2.44. The molecule has 1 fully saturated rings. The van der Waals surface area contributed by atoms with E-state index in [1.807, 2.05) is 0 Å². The number of hydrogen-bond acceptors (Lipinski definition) is 7. The largest absolute Gasteiger partial charge is 0.394 e. The standard InChI is InChI=1S/C18H20ClFN4O5/c1-23(14(26)5-6-19)18-17(28)15(16(27)13(9-25)29-18)24-8-12(21-22-24)10-3-2-4-11(20)7-10/h2-8,13,15-18,25,27-28H,9H2,1H3/b6-5+/t13?,15?,16-,17?,18+/m0/s1. The average Bonchev–Trinajstić information content (AvgIpc) is 3.18. The van der Waals surface area contributed by atoms with Gasteiger partial charge in [-0.15, -0.1) is 5.10 Å². The number of halogens is 2. The summed E-state index contributed by atoms with van der Waals surface area (Å²) in [6.07, 6.45) is -2.53. The molecule has 3 unspecified atom stereocenters. The first-order valence-electron chi connectivity index (χ1n) is 8.71. The molecule has 2 heterocycles. The highest BCUT2D eigenvalue weighted by atomic mass is 35.5. The lowest BCUT2D eigenvalue weighted by Crippen LogP contribution is -2.61. The minimum Gasteiger partial charge on any atom is -0.394 e. The van der Waals surface area contributed by atoms with Crippen LogP contribution in [-0.2, 0) is 9.53 Å². The molecule has 1 saturated heterocycles. The van der Waals surface area contributed by atoms with E-state index in [1.165, 1.54) is 36.1 Å². The fraction of sp³-hybridized carbons (Fsp3) is 0.389. The fourth-order valence-electron chi connectivity index (χ4n) is 3.21. The molecule has 0 radical (unpaired) electrons. The average molecular weight is 427 g/mol. The molecular weight excluding hydrogens is 407 g/mol. The van der Waals surface area contributed by atoms with Crippen molar-refractivity contribution in [2.24, 2.45) is 0 Å². The maximum Gasteiger partial charge on any atom is 0.249 e. The van der Waals surface area contributed by atoms with E-state index >= 15 is 0 Å². The van der Waals surface area contributed by atoms with Crippen LogP contribution >= 0.6 is 11.6 Å². The summed E-state index contributed by atoms with van der Waals surface area (Å²) >= 11 is 5.43. The zero-order valence-electron chi connectivity index (χ0n) is 15.3. The predicted octanol–water partition coefficient (Wildman–Crippen LogP) is 0.275. The molecule has 0 spiro atoms. The van der Waals surface area contributed by atoms with Gasteiger partial charge in [-0.3, -0.25) is 4.79 Å². The molecule has 156 valence electrons. The number of ether oxygens (including phenoxy) is 1. The van der Waals surface area contributed by atoms with Gasteiger partial charge in [-0.05, 0) is 12.1 Å². The number of aliphatic hydroxyl groups is 3. The smallest absolute Gasteiger partial charge is 0.249 e. The molecule has 1 aliphatic rings. The van der Waals surface area contributed by atoms with Gasteiger partial charge in [0.15, 0.2) is 6.23 Å². The van der Waals surface area contributed by atoms with Crippen LogP contribution in [0.1, 0.15) is 6.04 Å². The Morgan fingerprint density at radius 2 is 2.17 bits per heavy atom. The molecule has 0 saturated carbocycles. The number of aromatic nitrogens is 3. The van der Waals surface area contributed by atoms with Gasteiger partial charge in [0.25, 0.3) is 0 Å². The van der Waals surface area contributed by atoms with Crippen molar-refractivity contribution in [2.45, 2.75) is 30.6 Å². The summed E-state index contributed by atoms with van der Waals surface area (Å²) in [7, 11) is 1.38. The lowest BCUT2D eigenvalue weighted by atomic mass is 9.95. The Hall–Kier alpha value is -2.37. The van der Waals surface area contributed by atoms with Crippen LogP contribution in [0.15, 0.2) is 42.1 Å². The van der Waals surface area contributed by atoms with Crippen LogP contribution in [-0.4, -0.2) is 79.3 Å². The summed E-state index contributed by atoms with van der Waals surface area (Å²) in [5, 5.41) is 38.9. The normalized spacial score (nSPS) is 27.3. The number of aliphatic hydroxyl groups excluding tert-OH is 3. The molecule has 3 rings (SSSR count). The third kappa shape index (κ3) is 4.31. The van der Waals surface area contributed by atoms with E-state index in [-0.39, 0.29) is 0 Å². The summed E-state index contributed by atoms with van der Waals surface area (Å²) < 4.78 is 20.2. The number of nitrogens with zero attached hydrogens (tertiary/aromatic N) is 4. The van der Waals surface area contributed by atoms with Crippen LogP contribution in [0, 0.1) is 5.82 Å². The van der Waals surface area contributed by atoms with E-state index in [0.29, 0.717) is 11.3 Å². The second kappa shape index (κ2) is 8.97. The third-order valence-corrected chi connectivity index (χ3v) is 4.86. The van der Waals surface area contributed by atoms with Gasteiger partial charge in [0.2, 0.25) is 5.91 Å². The molecule has 1 amide bonds. The molecule has 3 N–H and O–H groups in total. The highest BCUT2D eigenvalue weighted by Gasteiger charge is 2.48. The van der Waals surface area contributed by atoms with E-state index in [2.05, 4.69) is 10.3 Å². The predicted molar refractivity (Wildman–Crippen MR) is 100.0 cm³/mol. The van der Waals surface area contributed by atoms with Crippen LogP contribution in [0.4, 0.5) is 4.39 Å². The van der Waals surface area contributed by atoms with Crippen molar-refractivity contribution in [2.75, 3.05) is 13.7 Å². The van der Waals surface area contributed by atoms with E-state index in [9.17, 15) is 24.5 Å². The summed E-state index contributed by atoms with van der Waals surface area (Å²) in [6, 6.07) is 4.63. The lowest BCUT2D eigenvalue weighted by molar-refractivity contribution is -0.240. The van der Waals surface area contributed by atoms with Gasteiger partial charge in [0.05, 0.1) is 12.8 Å². The summed E-state index contributed by atoms with van der Waals surface area (Å²) in [6.45, 7) is -0.556. The number of benzene rings is 1. The molecule has 9 nitrogen and oxygen atoms in total. The fourth-order valence-corrected chi connectivity index (χ4v) is 3.32. The zero-order chi connectivity index (χ0) is 21.1. The summed E-state index contributed by atoms with van der Waals surface area (Å²) in [5.74, 6) is -0.994. The number of carbonyl (C=O) groups excluding carboxylic acids is 1. The minimum absolute atomic E-state index is 0.321. The number of carbonyl (C=O) groups is 1. The first-order chi connectivity index (χ1) is 13.9. The first-order valence-corrected chi connectivity index (χ1v) is 9.14. The highest BCUT2D eigenvalue weighted by molar-refractivity contribution is 6.26. The van der Waals surface area contributed by atoms with Crippen molar-refractivity contribution in [1.29, 1.82) is 0 Å². The number of hydrogen-bond donors (Lipinski definition) is 3. The Bertz CT molecular complexity index is 895. The Morgan fingerprint density at radius 1 is 1.41 bits per heavy atom. The quantitative estimate of drug-likeness (QED) is 0.587. The summed E-state index contributed by atoms with van der Waals surface area (Å²) in [4.78, 5) is 13.2. The Labute approximate surface area is 170 Å². The summed E-state index contributed by atoms with van der Waals surface area (Å²) in [5.41, 5.74) is 1.80. The number of rotatable bonds is 5. The van der Waals surface area contributed by atoms with Gasteiger partial charge >= 0.3 is 0 Å². The van der Waals surface area contributed by atoms with E-state index in [0.717, 1.165) is 16.5 Å².